The van der Waals surface area contributed by atoms with Gasteiger partial charge in [-0.1, -0.05) is 66.7 Å². The van der Waals surface area contributed by atoms with Gasteiger partial charge in [-0.15, -0.1) is 0 Å². The second-order valence-corrected chi connectivity index (χ2v) is 10.1. The van der Waals surface area contributed by atoms with E-state index in [1.165, 1.54) is 11.0 Å². The highest BCUT2D eigenvalue weighted by atomic mass is 16.5. The molecule has 178 valence electrons. The quantitative estimate of drug-likeness (QED) is 0.295. The minimum Gasteiger partial charge on any atom is -0.367 e. The van der Waals surface area contributed by atoms with E-state index in [4.69, 9.17) is 4.74 Å². The average Bonchev–Trinajstić information content (AvgIpc) is 3.48. The number of imide groups is 1. The number of ketones is 1. The number of carbonyl (C=O) groups excluding carboxylic acids is 3. The zero-order valence-electron chi connectivity index (χ0n) is 19.8. The predicted molar refractivity (Wildman–Crippen MR) is 134 cm³/mol. The summed E-state index contributed by atoms with van der Waals surface area (Å²) in [6.07, 6.45) is 4.93. The number of fused-ring (bicyclic) bond motifs is 6. The summed E-state index contributed by atoms with van der Waals surface area (Å²) in [6.45, 7) is 1.90. The number of hydrogen-bond donors (Lipinski definition) is 0. The van der Waals surface area contributed by atoms with E-state index in [0.717, 1.165) is 5.39 Å². The maximum absolute atomic E-state index is 13.9. The minimum absolute atomic E-state index is 0.118. The van der Waals surface area contributed by atoms with Crippen LogP contribution in [0.3, 0.4) is 0 Å². The molecule has 4 unspecified atom stereocenters. The third kappa shape index (κ3) is 3.09. The average molecular weight is 477 g/mol. The molecule has 6 rings (SSSR count). The molecule has 3 aliphatic heterocycles. The molecule has 6 heteroatoms. The van der Waals surface area contributed by atoms with Crippen LogP contribution in [0.15, 0.2) is 78.9 Å². The molecule has 4 atom stereocenters. The van der Waals surface area contributed by atoms with E-state index in [1.807, 2.05) is 55.5 Å². The van der Waals surface area contributed by atoms with E-state index >= 15 is 0 Å². The van der Waals surface area contributed by atoms with Crippen LogP contribution in [-0.4, -0.2) is 28.8 Å². The Balaban J connectivity index is 1.35. The Morgan fingerprint density at radius 2 is 1.75 bits per heavy atom. The fraction of sp³-hybridized carbons (Fsp3) is 0.267. The van der Waals surface area contributed by atoms with Gasteiger partial charge in [-0.3, -0.25) is 14.4 Å². The first kappa shape index (κ1) is 22.4. The first-order valence-electron chi connectivity index (χ1n) is 12.1. The number of hydrogen-bond acceptors (Lipinski definition) is 5. The van der Waals surface area contributed by atoms with Crippen molar-refractivity contribution in [3.05, 3.63) is 90.0 Å². The first-order valence-corrected chi connectivity index (χ1v) is 12.1. The first-order chi connectivity index (χ1) is 17.4. The van der Waals surface area contributed by atoms with Crippen molar-refractivity contribution in [1.82, 2.24) is 0 Å². The molecule has 2 amide bonds. The van der Waals surface area contributed by atoms with E-state index in [9.17, 15) is 19.6 Å². The van der Waals surface area contributed by atoms with E-state index in [2.05, 4.69) is 6.07 Å². The predicted octanol–water partition coefficient (Wildman–Crippen LogP) is 4.97. The lowest BCUT2D eigenvalue weighted by Gasteiger charge is -2.30. The molecule has 3 aliphatic rings. The van der Waals surface area contributed by atoms with Crippen LogP contribution >= 0.6 is 0 Å². The highest BCUT2D eigenvalue weighted by Gasteiger charge is 2.73. The lowest BCUT2D eigenvalue weighted by Crippen LogP contribution is -2.41. The number of nitriles is 1. The number of anilines is 1. The summed E-state index contributed by atoms with van der Waals surface area (Å²) in [5.41, 5.74) is -0.374. The Kier molecular flexibility index (Phi) is 4.96. The molecule has 0 radical (unpaired) electrons. The smallest absolute Gasteiger partial charge is 0.240 e. The molecular formula is C30H24N2O4. The number of benzene rings is 3. The van der Waals surface area contributed by atoms with Crippen LogP contribution in [0.5, 0.6) is 0 Å². The molecule has 3 heterocycles. The van der Waals surface area contributed by atoms with Gasteiger partial charge < -0.3 is 4.74 Å². The zero-order chi connectivity index (χ0) is 25.1. The van der Waals surface area contributed by atoms with Gasteiger partial charge in [0.05, 0.1) is 34.3 Å². The summed E-state index contributed by atoms with van der Waals surface area (Å²) in [5.74, 6) is -2.03. The molecule has 0 N–H and O–H groups in total. The van der Waals surface area contributed by atoms with Crippen molar-refractivity contribution < 1.29 is 19.1 Å². The number of allylic oxidation sites excluding steroid dienone is 1. The van der Waals surface area contributed by atoms with Gasteiger partial charge in [-0.25, -0.2) is 4.90 Å². The number of nitrogens with zero attached hydrogens (tertiary/aromatic N) is 2. The summed E-state index contributed by atoms with van der Waals surface area (Å²) in [4.78, 5) is 41.4. The Labute approximate surface area is 208 Å². The summed E-state index contributed by atoms with van der Waals surface area (Å²) < 4.78 is 6.46. The molecule has 3 aromatic carbocycles. The topological polar surface area (TPSA) is 87.5 Å². The van der Waals surface area contributed by atoms with Crippen molar-refractivity contribution in [2.24, 2.45) is 11.8 Å². The molecule has 0 saturated carbocycles. The largest absolute Gasteiger partial charge is 0.367 e. The third-order valence-electron chi connectivity index (χ3n) is 8.06. The van der Waals surface area contributed by atoms with Crippen molar-refractivity contribution in [3.8, 4) is 6.07 Å². The molecule has 6 nitrogen and oxygen atoms in total. The second-order valence-electron chi connectivity index (χ2n) is 10.1. The van der Waals surface area contributed by atoms with Crippen molar-refractivity contribution in [2.75, 3.05) is 4.90 Å². The van der Waals surface area contributed by atoms with E-state index in [1.54, 1.807) is 24.3 Å². The highest BCUT2D eigenvalue weighted by molar-refractivity contribution is 6.24. The van der Waals surface area contributed by atoms with Crippen LogP contribution in [-0.2, 0) is 14.3 Å². The van der Waals surface area contributed by atoms with Gasteiger partial charge in [-0.2, -0.15) is 5.26 Å². The van der Waals surface area contributed by atoms with Crippen LogP contribution in [0.4, 0.5) is 5.69 Å². The van der Waals surface area contributed by atoms with Gasteiger partial charge in [0.2, 0.25) is 11.8 Å². The molecule has 0 aliphatic carbocycles. The zero-order valence-corrected chi connectivity index (χ0v) is 19.8. The molecule has 0 aromatic heterocycles. The fourth-order valence-corrected chi connectivity index (χ4v) is 6.41. The van der Waals surface area contributed by atoms with Crippen LogP contribution in [0, 0.1) is 23.2 Å². The SMILES string of the molecule is CC12CCC(C/C=C/C(=O)c3ccccc3)(O1)C1C(=O)N(c3ccc4ccccc4c3C#N)C(=O)C12. The van der Waals surface area contributed by atoms with Gasteiger partial charge in [0.25, 0.3) is 0 Å². The minimum atomic E-state index is -0.849. The molecule has 3 saturated heterocycles. The van der Waals surface area contributed by atoms with Crippen molar-refractivity contribution in [1.29, 1.82) is 5.26 Å². The normalized spacial score (nSPS) is 28.7. The number of ether oxygens (including phenoxy) is 1. The van der Waals surface area contributed by atoms with Crippen molar-refractivity contribution >= 4 is 34.1 Å². The monoisotopic (exact) mass is 476 g/mol. The van der Waals surface area contributed by atoms with Gasteiger partial charge in [-0.05, 0) is 43.7 Å². The fourth-order valence-electron chi connectivity index (χ4n) is 6.41. The maximum Gasteiger partial charge on any atom is 0.240 e. The Morgan fingerprint density at radius 3 is 2.53 bits per heavy atom. The van der Waals surface area contributed by atoms with Gasteiger partial charge in [0.15, 0.2) is 5.78 Å². The summed E-state index contributed by atoms with van der Waals surface area (Å²) >= 11 is 0. The Morgan fingerprint density at radius 1 is 1.03 bits per heavy atom. The van der Waals surface area contributed by atoms with Crippen LogP contribution in [0.2, 0.25) is 0 Å². The summed E-state index contributed by atoms with van der Waals surface area (Å²) in [5, 5.41) is 11.5. The lowest BCUT2D eigenvalue weighted by atomic mass is 9.67. The summed E-state index contributed by atoms with van der Waals surface area (Å²) in [7, 11) is 0. The standard InChI is InChI=1S/C30H24N2O4/c1-29-16-17-30(36-29,15-7-12-24(33)20-9-3-2-4-10-20)26-25(29)27(34)32(28(26)35)23-14-13-19-8-5-6-11-21(19)22(23)18-31/h2-14,25-26H,15-17H2,1H3/b12-7+. The lowest BCUT2D eigenvalue weighted by molar-refractivity contribution is -0.130. The van der Waals surface area contributed by atoms with E-state index < -0.39 is 23.0 Å². The Hall–Kier alpha value is -4.08. The number of amides is 2. The van der Waals surface area contributed by atoms with Crippen LogP contribution < -0.4 is 4.90 Å². The van der Waals surface area contributed by atoms with E-state index in [-0.39, 0.29) is 17.6 Å². The molecule has 3 aromatic rings. The molecular weight excluding hydrogens is 452 g/mol. The molecule has 3 fully saturated rings. The second kappa shape index (κ2) is 7.97. The van der Waals surface area contributed by atoms with Crippen molar-refractivity contribution in [2.45, 2.75) is 37.4 Å². The Bertz CT molecular complexity index is 1500. The van der Waals surface area contributed by atoms with Crippen LogP contribution in [0.1, 0.15) is 42.1 Å². The molecule has 36 heavy (non-hydrogen) atoms. The number of rotatable bonds is 5. The van der Waals surface area contributed by atoms with Gasteiger partial charge in [0, 0.05) is 10.9 Å². The van der Waals surface area contributed by atoms with Gasteiger partial charge >= 0.3 is 0 Å². The van der Waals surface area contributed by atoms with E-state index in [0.29, 0.717) is 41.5 Å². The van der Waals surface area contributed by atoms with Crippen molar-refractivity contribution in [3.63, 3.8) is 0 Å². The molecule has 2 bridgehead atoms. The third-order valence-corrected chi connectivity index (χ3v) is 8.06. The maximum atomic E-state index is 13.9. The van der Waals surface area contributed by atoms with Crippen LogP contribution in [0.25, 0.3) is 10.8 Å². The molecule has 0 spiro atoms. The highest BCUT2D eigenvalue weighted by Crippen LogP contribution is 2.62. The van der Waals surface area contributed by atoms with Gasteiger partial charge in [0.1, 0.15) is 6.07 Å². The number of carbonyl (C=O) groups is 3. The summed E-state index contributed by atoms with van der Waals surface area (Å²) in [6, 6.07) is 22.2.